The van der Waals surface area contributed by atoms with Crippen LogP contribution in [0.3, 0.4) is 0 Å². The van der Waals surface area contributed by atoms with E-state index in [2.05, 4.69) is 56.4 Å². The van der Waals surface area contributed by atoms with E-state index in [-0.39, 0.29) is 6.04 Å². The summed E-state index contributed by atoms with van der Waals surface area (Å²) in [5, 5.41) is 3.56. The zero-order chi connectivity index (χ0) is 14.8. The average Bonchev–Trinajstić information content (AvgIpc) is 2.95. The third kappa shape index (κ3) is 3.03. The molecule has 3 heteroatoms. The van der Waals surface area contributed by atoms with Gasteiger partial charge in [-0.15, -0.1) is 0 Å². The van der Waals surface area contributed by atoms with Crippen molar-refractivity contribution in [2.45, 2.75) is 33.4 Å². The van der Waals surface area contributed by atoms with Crippen LogP contribution in [0.15, 0.2) is 36.4 Å². The van der Waals surface area contributed by atoms with Crippen LogP contribution in [-0.4, -0.2) is 6.79 Å². The first-order valence-electron chi connectivity index (χ1n) is 7.32. The molecule has 0 saturated carbocycles. The van der Waals surface area contributed by atoms with Crippen LogP contribution in [0.5, 0.6) is 11.5 Å². The van der Waals surface area contributed by atoms with Gasteiger partial charge in [0.2, 0.25) is 6.79 Å². The molecule has 0 amide bonds. The highest BCUT2D eigenvalue weighted by molar-refractivity contribution is 5.45. The van der Waals surface area contributed by atoms with Crippen molar-refractivity contribution >= 4 is 0 Å². The molecule has 0 spiro atoms. The molecule has 1 atom stereocenters. The number of ether oxygens (including phenoxy) is 2. The van der Waals surface area contributed by atoms with E-state index in [1.807, 2.05) is 6.07 Å². The van der Waals surface area contributed by atoms with Crippen LogP contribution < -0.4 is 14.8 Å². The first kappa shape index (κ1) is 14.0. The van der Waals surface area contributed by atoms with Crippen LogP contribution in [-0.2, 0) is 6.54 Å². The molecule has 0 aliphatic carbocycles. The Labute approximate surface area is 125 Å². The Bertz CT molecular complexity index is 652. The van der Waals surface area contributed by atoms with Crippen molar-refractivity contribution < 1.29 is 9.47 Å². The van der Waals surface area contributed by atoms with E-state index in [0.29, 0.717) is 6.79 Å². The van der Waals surface area contributed by atoms with Gasteiger partial charge in [-0.1, -0.05) is 24.3 Å². The lowest BCUT2D eigenvalue weighted by Gasteiger charge is -2.15. The molecule has 1 heterocycles. The highest BCUT2D eigenvalue weighted by Gasteiger charge is 2.15. The van der Waals surface area contributed by atoms with E-state index >= 15 is 0 Å². The maximum Gasteiger partial charge on any atom is 0.231 e. The second-order valence-electron chi connectivity index (χ2n) is 5.63. The third-order valence-electron chi connectivity index (χ3n) is 4.08. The molecular formula is C18H21NO2. The van der Waals surface area contributed by atoms with Crippen molar-refractivity contribution in [2.75, 3.05) is 6.79 Å². The summed E-state index contributed by atoms with van der Waals surface area (Å²) in [5.41, 5.74) is 5.20. The Morgan fingerprint density at radius 1 is 1.00 bits per heavy atom. The van der Waals surface area contributed by atoms with Gasteiger partial charge < -0.3 is 14.8 Å². The van der Waals surface area contributed by atoms with Crippen LogP contribution in [0, 0.1) is 13.8 Å². The molecule has 1 aliphatic heterocycles. The van der Waals surface area contributed by atoms with E-state index < -0.39 is 0 Å². The van der Waals surface area contributed by atoms with Gasteiger partial charge in [0.15, 0.2) is 11.5 Å². The smallest absolute Gasteiger partial charge is 0.231 e. The molecule has 0 saturated heterocycles. The standard InChI is InChI=1S/C18H21NO2/c1-12-4-5-15(8-13(12)2)10-19-14(3)16-6-7-17-18(9-16)21-11-20-17/h4-9,14,19H,10-11H2,1-3H3. The molecular weight excluding hydrogens is 262 g/mol. The monoisotopic (exact) mass is 283 g/mol. The lowest BCUT2D eigenvalue weighted by Crippen LogP contribution is -2.18. The number of fused-ring (bicyclic) bond motifs is 1. The van der Waals surface area contributed by atoms with Crippen LogP contribution in [0.25, 0.3) is 0 Å². The topological polar surface area (TPSA) is 30.5 Å². The molecule has 110 valence electrons. The highest BCUT2D eigenvalue weighted by atomic mass is 16.7. The predicted octanol–water partition coefficient (Wildman–Crippen LogP) is 3.88. The number of hydrogen-bond acceptors (Lipinski definition) is 3. The summed E-state index contributed by atoms with van der Waals surface area (Å²) >= 11 is 0. The van der Waals surface area contributed by atoms with Gasteiger partial charge in [-0.25, -0.2) is 0 Å². The maximum absolute atomic E-state index is 5.43. The fourth-order valence-corrected chi connectivity index (χ4v) is 2.48. The summed E-state index contributed by atoms with van der Waals surface area (Å²) in [6.07, 6.45) is 0. The van der Waals surface area contributed by atoms with E-state index in [9.17, 15) is 0 Å². The summed E-state index contributed by atoms with van der Waals surface area (Å²) in [5.74, 6) is 1.67. The summed E-state index contributed by atoms with van der Waals surface area (Å²) in [6.45, 7) is 7.64. The number of rotatable bonds is 4. The molecule has 2 aromatic carbocycles. The molecule has 2 aromatic rings. The number of hydrogen-bond donors (Lipinski definition) is 1. The van der Waals surface area contributed by atoms with Gasteiger partial charge in [0.1, 0.15) is 0 Å². The molecule has 1 unspecified atom stereocenters. The van der Waals surface area contributed by atoms with Gasteiger partial charge >= 0.3 is 0 Å². The molecule has 3 rings (SSSR count). The van der Waals surface area contributed by atoms with Gasteiger partial charge in [-0.2, -0.15) is 0 Å². The third-order valence-corrected chi connectivity index (χ3v) is 4.08. The van der Waals surface area contributed by atoms with Crippen molar-refractivity contribution in [3.05, 3.63) is 58.7 Å². The summed E-state index contributed by atoms with van der Waals surface area (Å²) < 4.78 is 10.8. The zero-order valence-electron chi connectivity index (χ0n) is 12.8. The lowest BCUT2D eigenvalue weighted by atomic mass is 10.0. The van der Waals surface area contributed by atoms with Crippen LogP contribution in [0.2, 0.25) is 0 Å². The number of benzene rings is 2. The first-order chi connectivity index (χ1) is 10.1. The van der Waals surface area contributed by atoms with Crippen molar-refractivity contribution in [2.24, 2.45) is 0 Å². The van der Waals surface area contributed by atoms with E-state index in [1.54, 1.807) is 0 Å². The van der Waals surface area contributed by atoms with Gasteiger partial charge in [0.25, 0.3) is 0 Å². The second-order valence-corrected chi connectivity index (χ2v) is 5.63. The molecule has 0 aromatic heterocycles. The maximum atomic E-state index is 5.43. The fourth-order valence-electron chi connectivity index (χ4n) is 2.48. The normalized spacial score (nSPS) is 14.2. The Balaban J connectivity index is 1.66. The van der Waals surface area contributed by atoms with Crippen molar-refractivity contribution in [3.8, 4) is 11.5 Å². The average molecular weight is 283 g/mol. The van der Waals surface area contributed by atoms with E-state index in [0.717, 1.165) is 18.0 Å². The number of aryl methyl sites for hydroxylation is 2. The molecule has 0 radical (unpaired) electrons. The summed E-state index contributed by atoms with van der Waals surface area (Å²) in [6, 6.07) is 13.0. The minimum atomic E-state index is 0.265. The van der Waals surface area contributed by atoms with Crippen LogP contribution in [0.4, 0.5) is 0 Å². The second kappa shape index (κ2) is 5.78. The van der Waals surface area contributed by atoms with Crippen LogP contribution in [0.1, 0.15) is 35.2 Å². The molecule has 1 aliphatic rings. The molecule has 0 fully saturated rings. The minimum Gasteiger partial charge on any atom is -0.454 e. The zero-order valence-corrected chi connectivity index (χ0v) is 12.8. The Morgan fingerprint density at radius 2 is 1.81 bits per heavy atom. The van der Waals surface area contributed by atoms with Gasteiger partial charge in [-0.05, 0) is 55.2 Å². The minimum absolute atomic E-state index is 0.265. The largest absolute Gasteiger partial charge is 0.454 e. The lowest BCUT2D eigenvalue weighted by molar-refractivity contribution is 0.174. The Morgan fingerprint density at radius 3 is 2.62 bits per heavy atom. The number of nitrogens with one attached hydrogen (secondary N) is 1. The van der Waals surface area contributed by atoms with Crippen molar-refractivity contribution in [1.82, 2.24) is 5.32 Å². The quantitative estimate of drug-likeness (QED) is 0.923. The highest BCUT2D eigenvalue weighted by Crippen LogP contribution is 2.34. The molecule has 3 nitrogen and oxygen atoms in total. The molecule has 0 bridgehead atoms. The van der Waals surface area contributed by atoms with Crippen LogP contribution >= 0.6 is 0 Å². The van der Waals surface area contributed by atoms with Gasteiger partial charge in [0, 0.05) is 12.6 Å². The van der Waals surface area contributed by atoms with E-state index in [4.69, 9.17) is 9.47 Å². The Kier molecular flexibility index (Phi) is 3.84. The SMILES string of the molecule is Cc1ccc(CNC(C)c2ccc3c(c2)OCO3)cc1C. The predicted molar refractivity (Wildman–Crippen MR) is 83.7 cm³/mol. The molecule has 21 heavy (non-hydrogen) atoms. The van der Waals surface area contributed by atoms with Gasteiger partial charge in [0.05, 0.1) is 0 Å². The van der Waals surface area contributed by atoms with Crippen molar-refractivity contribution in [3.63, 3.8) is 0 Å². The van der Waals surface area contributed by atoms with Gasteiger partial charge in [-0.3, -0.25) is 0 Å². The Hall–Kier alpha value is -2.00. The summed E-state index contributed by atoms with van der Waals surface area (Å²) in [7, 11) is 0. The molecule has 1 N–H and O–H groups in total. The summed E-state index contributed by atoms with van der Waals surface area (Å²) in [4.78, 5) is 0. The van der Waals surface area contributed by atoms with E-state index in [1.165, 1.54) is 22.3 Å². The van der Waals surface area contributed by atoms with Crippen molar-refractivity contribution in [1.29, 1.82) is 0 Å². The first-order valence-corrected chi connectivity index (χ1v) is 7.32. The fraction of sp³-hybridized carbons (Fsp3) is 0.333.